The minimum absolute atomic E-state index is 0.282. The van der Waals surface area contributed by atoms with E-state index in [1.54, 1.807) is 0 Å². The van der Waals surface area contributed by atoms with E-state index >= 15 is 0 Å². The normalized spacial score (nSPS) is 24.4. The summed E-state index contributed by atoms with van der Waals surface area (Å²) in [5, 5.41) is 3.65. The third-order valence-corrected chi connectivity index (χ3v) is 4.41. The first-order valence-electron chi connectivity index (χ1n) is 7.76. The molecule has 1 aliphatic carbocycles. The number of anilines is 1. The third kappa shape index (κ3) is 3.99. The van der Waals surface area contributed by atoms with Gasteiger partial charge < -0.3 is 10.1 Å². The summed E-state index contributed by atoms with van der Waals surface area (Å²) in [6.07, 6.45) is 3.64. The first kappa shape index (κ1) is 15.9. The van der Waals surface area contributed by atoms with Crippen LogP contribution in [0.25, 0.3) is 0 Å². The van der Waals surface area contributed by atoms with Crippen molar-refractivity contribution in [3.8, 4) is 0 Å². The van der Waals surface area contributed by atoms with E-state index in [4.69, 9.17) is 4.74 Å². The Bertz CT molecular complexity index is 522. The van der Waals surface area contributed by atoms with Crippen molar-refractivity contribution in [3.63, 3.8) is 0 Å². The Labute approximate surface area is 128 Å². The van der Waals surface area contributed by atoms with Crippen molar-refractivity contribution >= 4 is 11.7 Å². The SMILES string of the molecule is COC(=O)c1ccc(C)c(NC2CC(C)CC(C)(C)C2)c1. The lowest BCUT2D eigenvalue weighted by Crippen LogP contribution is -2.35. The number of aryl methyl sites for hydroxylation is 1. The predicted octanol–water partition coefficient (Wildman–Crippen LogP) is 4.41. The molecule has 1 aromatic rings. The number of rotatable bonds is 3. The molecular formula is C18H27NO2. The van der Waals surface area contributed by atoms with Gasteiger partial charge in [0.05, 0.1) is 12.7 Å². The van der Waals surface area contributed by atoms with Gasteiger partial charge in [-0.1, -0.05) is 26.8 Å². The van der Waals surface area contributed by atoms with Crippen molar-refractivity contribution in [2.24, 2.45) is 11.3 Å². The van der Waals surface area contributed by atoms with E-state index in [0.29, 0.717) is 17.0 Å². The van der Waals surface area contributed by atoms with Gasteiger partial charge in [-0.05, 0) is 55.2 Å². The summed E-state index contributed by atoms with van der Waals surface area (Å²) in [5.41, 5.74) is 3.20. The molecule has 1 N–H and O–H groups in total. The fraction of sp³-hybridized carbons (Fsp3) is 0.611. The fourth-order valence-corrected chi connectivity index (χ4v) is 3.70. The molecule has 0 aliphatic heterocycles. The summed E-state index contributed by atoms with van der Waals surface area (Å²) >= 11 is 0. The lowest BCUT2D eigenvalue weighted by Gasteiger charge is -2.39. The smallest absolute Gasteiger partial charge is 0.337 e. The van der Waals surface area contributed by atoms with Crippen LogP contribution in [0.4, 0.5) is 5.69 Å². The second-order valence-corrected chi connectivity index (χ2v) is 7.28. The van der Waals surface area contributed by atoms with Crippen molar-refractivity contribution in [2.45, 2.75) is 53.0 Å². The van der Waals surface area contributed by atoms with Crippen LogP contribution in [0.1, 0.15) is 56.0 Å². The lowest BCUT2D eigenvalue weighted by atomic mass is 9.70. The zero-order valence-electron chi connectivity index (χ0n) is 13.8. The summed E-state index contributed by atoms with van der Waals surface area (Å²) in [5.74, 6) is 0.450. The Kier molecular flexibility index (Phi) is 4.60. The standard InChI is InChI=1S/C18H27NO2/c1-12-8-15(11-18(3,4)10-12)19-16-9-14(17(20)21-5)7-6-13(16)2/h6-7,9,12,15,19H,8,10-11H2,1-5H3. The van der Waals surface area contributed by atoms with Crippen LogP contribution in [-0.4, -0.2) is 19.1 Å². The number of esters is 1. The molecule has 0 bridgehead atoms. The highest BCUT2D eigenvalue weighted by atomic mass is 16.5. The second kappa shape index (κ2) is 6.08. The van der Waals surface area contributed by atoms with Crippen LogP contribution in [0, 0.1) is 18.3 Å². The van der Waals surface area contributed by atoms with Gasteiger partial charge >= 0.3 is 5.97 Å². The molecule has 1 aliphatic rings. The first-order chi connectivity index (χ1) is 9.80. The van der Waals surface area contributed by atoms with Crippen molar-refractivity contribution in [2.75, 3.05) is 12.4 Å². The summed E-state index contributed by atoms with van der Waals surface area (Å²) in [7, 11) is 1.42. The van der Waals surface area contributed by atoms with Gasteiger partial charge in [0.2, 0.25) is 0 Å². The molecule has 0 radical (unpaired) electrons. The molecule has 2 atom stereocenters. The average Bonchev–Trinajstić information content (AvgIpc) is 2.38. The number of ether oxygens (including phenoxy) is 1. The van der Waals surface area contributed by atoms with Gasteiger partial charge in [0.25, 0.3) is 0 Å². The number of benzene rings is 1. The quantitative estimate of drug-likeness (QED) is 0.838. The van der Waals surface area contributed by atoms with Gasteiger partial charge in [-0.15, -0.1) is 0 Å². The van der Waals surface area contributed by atoms with Crippen LogP contribution in [0.15, 0.2) is 18.2 Å². The molecule has 116 valence electrons. The molecule has 3 heteroatoms. The van der Waals surface area contributed by atoms with Gasteiger partial charge in [-0.3, -0.25) is 0 Å². The first-order valence-corrected chi connectivity index (χ1v) is 7.76. The van der Waals surface area contributed by atoms with Crippen molar-refractivity contribution in [1.29, 1.82) is 0 Å². The van der Waals surface area contributed by atoms with Crippen LogP contribution in [0.3, 0.4) is 0 Å². The lowest BCUT2D eigenvalue weighted by molar-refractivity contribution is 0.0600. The summed E-state index contributed by atoms with van der Waals surface area (Å²) in [4.78, 5) is 11.7. The van der Waals surface area contributed by atoms with E-state index in [1.165, 1.54) is 31.9 Å². The summed E-state index contributed by atoms with van der Waals surface area (Å²) < 4.78 is 4.80. The zero-order valence-corrected chi connectivity index (χ0v) is 13.8. The van der Waals surface area contributed by atoms with Gasteiger partial charge in [0, 0.05) is 11.7 Å². The number of carbonyl (C=O) groups excluding carboxylic acids is 1. The Hall–Kier alpha value is -1.51. The maximum Gasteiger partial charge on any atom is 0.337 e. The number of hydrogen-bond donors (Lipinski definition) is 1. The van der Waals surface area contributed by atoms with Crippen LogP contribution >= 0.6 is 0 Å². The van der Waals surface area contributed by atoms with E-state index in [0.717, 1.165) is 11.6 Å². The molecule has 0 saturated heterocycles. The summed E-state index contributed by atoms with van der Waals surface area (Å²) in [6.45, 7) is 9.08. The van der Waals surface area contributed by atoms with Gasteiger partial charge in [0.1, 0.15) is 0 Å². The number of carbonyl (C=O) groups is 1. The predicted molar refractivity (Wildman–Crippen MR) is 86.7 cm³/mol. The molecule has 21 heavy (non-hydrogen) atoms. The monoisotopic (exact) mass is 289 g/mol. The zero-order chi connectivity index (χ0) is 15.6. The van der Waals surface area contributed by atoms with Gasteiger partial charge in [-0.25, -0.2) is 4.79 Å². The fourth-order valence-electron chi connectivity index (χ4n) is 3.70. The Morgan fingerprint density at radius 3 is 2.67 bits per heavy atom. The van der Waals surface area contributed by atoms with E-state index in [-0.39, 0.29) is 5.97 Å². The molecule has 0 amide bonds. The molecule has 1 aromatic carbocycles. The minimum atomic E-state index is -0.282. The van der Waals surface area contributed by atoms with Crippen LogP contribution in [0.5, 0.6) is 0 Å². The average molecular weight is 289 g/mol. The highest BCUT2D eigenvalue weighted by Gasteiger charge is 2.32. The topological polar surface area (TPSA) is 38.3 Å². The highest BCUT2D eigenvalue weighted by Crippen LogP contribution is 2.39. The minimum Gasteiger partial charge on any atom is -0.465 e. The molecule has 0 heterocycles. The van der Waals surface area contributed by atoms with Crippen molar-refractivity contribution in [1.82, 2.24) is 0 Å². The molecule has 2 rings (SSSR count). The maximum atomic E-state index is 11.7. The maximum absolute atomic E-state index is 11.7. The molecule has 2 unspecified atom stereocenters. The number of nitrogens with one attached hydrogen (secondary N) is 1. The largest absolute Gasteiger partial charge is 0.465 e. The van der Waals surface area contributed by atoms with E-state index in [9.17, 15) is 4.79 Å². The molecule has 0 spiro atoms. The highest BCUT2D eigenvalue weighted by molar-refractivity contribution is 5.90. The molecule has 0 aromatic heterocycles. The van der Waals surface area contributed by atoms with E-state index in [1.807, 2.05) is 18.2 Å². The third-order valence-electron chi connectivity index (χ3n) is 4.41. The van der Waals surface area contributed by atoms with E-state index in [2.05, 4.69) is 33.0 Å². The molecule has 1 saturated carbocycles. The number of hydrogen-bond acceptors (Lipinski definition) is 3. The van der Waals surface area contributed by atoms with E-state index < -0.39 is 0 Å². The summed E-state index contributed by atoms with van der Waals surface area (Å²) in [6, 6.07) is 6.18. The molecule has 1 fully saturated rings. The second-order valence-electron chi connectivity index (χ2n) is 7.28. The van der Waals surface area contributed by atoms with Crippen LogP contribution < -0.4 is 5.32 Å². The Morgan fingerprint density at radius 2 is 2.05 bits per heavy atom. The van der Waals surface area contributed by atoms with Crippen molar-refractivity contribution in [3.05, 3.63) is 29.3 Å². The van der Waals surface area contributed by atoms with Gasteiger partial charge in [-0.2, -0.15) is 0 Å². The Morgan fingerprint density at radius 1 is 1.33 bits per heavy atom. The Balaban J connectivity index is 2.17. The molecular weight excluding hydrogens is 262 g/mol. The number of methoxy groups -OCH3 is 1. The molecule has 3 nitrogen and oxygen atoms in total. The van der Waals surface area contributed by atoms with Crippen molar-refractivity contribution < 1.29 is 9.53 Å². The van der Waals surface area contributed by atoms with Crippen LogP contribution in [-0.2, 0) is 4.74 Å². The van der Waals surface area contributed by atoms with Gasteiger partial charge in [0.15, 0.2) is 0 Å². The van der Waals surface area contributed by atoms with Crippen LogP contribution in [0.2, 0.25) is 0 Å².